The van der Waals surface area contributed by atoms with Gasteiger partial charge in [-0.3, -0.25) is 19.2 Å². The van der Waals surface area contributed by atoms with Crippen molar-refractivity contribution in [2.45, 2.75) is 12.2 Å². The van der Waals surface area contributed by atoms with Crippen LogP contribution in [0.1, 0.15) is 33.1 Å². The normalized spacial score (nSPS) is 14.5. The number of alkyl halides is 3. The van der Waals surface area contributed by atoms with E-state index in [1.54, 1.807) is 24.3 Å². The quantitative estimate of drug-likeness (QED) is 0.301. The third-order valence-electron chi connectivity index (χ3n) is 6.40. The van der Waals surface area contributed by atoms with E-state index in [1.165, 1.54) is 0 Å². The largest absolute Gasteiger partial charge is 0.416 e. The summed E-state index contributed by atoms with van der Waals surface area (Å²) < 4.78 is 68.5. The van der Waals surface area contributed by atoms with E-state index in [1.807, 2.05) is 24.3 Å². The SMILES string of the molecule is NC(=O)CNC(=O)c1cc(NS(=O)(=O)CC2CN(C(c3ccc(Cl)cc3)c3ccc(Cl)cc3)C2)cc(C(F)(F)F)c1. The molecule has 218 valence electrons. The van der Waals surface area contributed by atoms with Crippen LogP contribution in [0.4, 0.5) is 18.9 Å². The number of hydrogen-bond donors (Lipinski definition) is 3. The molecule has 3 aromatic carbocycles. The Bertz CT molecular complexity index is 1480. The fourth-order valence-corrected chi connectivity index (χ4v) is 6.26. The van der Waals surface area contributed by atoms with Crippen LogP contribution in [-0.4, -0.2) is 50.5 Å². The van der Waals surface area contributed by atoms with Crippen molar-refractivity contribution in [3.05, 3.63) is 99.0 Å². The number of anilines is 1. The molecule has 0 atom stereocenters. The predicted molar refractivity (Wildman–Crippen MR) is 150 cm³/mol. The highest BCUT2D eigenvalue weighted by Crippen LogP contribution is 2.36. The number of nitrogens with one attached hydrogen (secondary N) is 2. The van der Waals surface area contributed by atoms with Crippen LogP contribution in [0.15, 0.2) is 66.7 Å². The molecule has 0 radical (unpaired) electrons. The summed E-state index contributed by atoms with van der Waals surface area (Å²) in [5.41, 5.74) is 4.71. The van der Waals surface area contributed by atoms with E-state index in [4.69, 9.17) is 28.9 Å². The van der Waals surface area contributed by atoms with Crippen molar-refractivity contribution in [3.8, 4) is 0 Å². The number of sulfonamides is 1. The molecule has 4 rings (SSSR count). The summed E-state index contributed by atoms with van der Waals surface area (Å²) in [5.74, 6) is -2.56. The van der Waals surface area contributed by atoms with Gasteiger partial charge in [0, 0.05) is 40.3 Å². The number of halogens is 5. The van der Waals surface area contributed by atoms with E-state index in [0.717, 1.165) is 17.2 Å². The smallest absolute Gasteiger partial charge is 0.368 e. The summed E-state index contributed by atoms with van der Waals surface area (Å²) in [5, 5.41) is 3.24. The Balaban J connectivity index is 1.48. The standard InChI is InChI=1S/C27H25Cl2F3N4O4S/c28-21-5-1-17(2-6-21)25(18-3-7-22(29)8-4-18)36-13-16(14-36)15-41(39,40)35-23-10-19(26(38)34-12-24(33)37)9-20(11-23)27(30,31)32/h1-11,16,25,35H,12-15H2,(H2,33,37)(H,34,38). The second-order valence-corrected chi connectivity index (χ2v) is 12.3. The van der Waals surface area contributed by atoms with E-state index in [0.29, 0.717) is 35.3 Å². The molecule has 41 heavy (non-hydrogen) atoms. The Morgan fingerprint density at radius 3 is 1.98 bits per heavy atom. The number of hydrogen-bond acceptors (Lipinski definition) is 5. The van der Waals surface area contributed by atoms with Crippen LogP contribution >= 0.6 is 23.2 Å². The van der Waals surface area contributed by atoms with E-state index in [9.17, 15) is 31.2 Å². The predicted octanol–water partition coefficient (Wildman–Crippen LogP) is 4.69. The summed E-state index contributed by atoms with van der Waals surface area (Å²) >= 11 is 12.1. The van der Waals surface area contributed by atoms with E-state index in [2.05, 4.69) is 14.9 Å². The first-order chi connectivity index (χ1) is 19.2. The second kappa shape index (κ2) is 12.3. The lowest BCUT2D eigenvalue weighted by atomic mass is 9.91. The summed E-state index contributed by atoms with van der Waals surface area (Å²) in [4.78, 5) is 25.3. The van der Waals surface area contributed by atoms with Gasteiger partial charge >= 0.3 is 6.18 Å². The molecule has 0 aliphatic carbocycles. The first-order valence-electron chi connectivity index (χ1n) is 12.2. The van der Waals surface area contributed by atoms with Crippen molar-refractivity contribution in [1.29, 1.82) is 0 Å². The van der Waals surface area contributed by atoms with E-state index >= 15 is 0 Å². The summed E-state index contributed by atoms with van der Waals surface area (Å²) in [6, 6.07) is 16.6. The van der Waals surface area contributed by atoms with Gasteiger partial charge in [-0.2, -0.15) is 13.2 Å². The van der Waals surface area contributed by atoms with Crippen LogP contribution < -0.4 is 15.8 Å². The molecule has 1 saturated heterocycles. The molecule has 1 aliphatic rings. The maximum Gasteiger partial charge on any atom is 0.416 e. The van der Waals surface area contributed by atoms with Gasteiger partial charge in [-0.1, -0.05) is 47.5 Å². The number of amides is 2. The fraction of sp³-hybridized carbons (Fsp3) is 0.259. The minimum absolute atomic E-state index is 0.193. The van der Waals surface area contributed by atoms with Crippen LogP contribution in [0.5, 0.6) is 0 Å². The lowest BCUT2D eigenvalue weighted by molar-refractivity contribution is -0.137. The molecule has 1 fully saturated rings. The highest BCUT2D eigenvalue weighted by molar-refractivity contribution is 7.92. The maximum absolute atomic E-state index is 13.5. The molecule has 4 N–H and O–H groups in total. The van der Waals surface area contributed by atoms with Crippen molar-refractivity contribution in [2.75, 3.05) is 30.1 Å². The average molecular weight is 629 g/mol. The number of benzene rings is 3. The number of carbonyl (C=O) groups is 2. The number of rotatable bonds is 10. The average Bonchev–Trinajstić information content (AvgIpc) is 2.86. The molecule has 1 heterocycles. The van der Waals surface area contributed by atoms with E-state index < -0.39 is 51.4 Å². The minimum Gasteiger partial charge on any atom is -0.368 e. The molecule has 8 nitrogen and oxygen atoms in total. The van der Waals surface area contributed by atoms with Gasteiger partial charge in [0.25, 0.3) is 5.91 Å². The Morgan fingerprint density at radius 1 is 0.951 bits per heavy atom. The second-order valence-electron chi connectivity index (χ2n) is 9.65. The molecule has 14 heteroatoms. The molecule has 2 amide bonds. The zero-order valence-electron chi connectivity index (χ0n) is 21.3. The monoisotopic (exact) mass is 628 g/mol. The first-order valence-corrected chi connectivity index (χ1v) is 14.7. The van der Waals surface area contributed by atoms with Gasteiger partial charge in [-0.25, -0.2) is 8.42 Å². The summed E-state index contributed by atoms with van der Waals surface area (Å²) in [6.07, 6.45) is -4.85. The maximum atomic E-state index is 13.5. The van der Waals surface area contributed by atoms with Crippen molar-refractivity contribution in [3.63, 3.8) is 0 Å². The zero-order valence-corrected chi connectivity index (χ0v) is 23.6. The van der Waals surface area contributed by atoms with Crippen LogP contribution in [0.25, 0.3) is 0 Å². The molecule has 0 unspecified atom stereocenters. The zero-order chi connectivity index (χ0) is 29.9. The highest BCUT2D eigenvalue weighted by atomic mass is 35.5. The Labute approximate surface area is 244 Å². The van der Waals surface area contributed by atoms with Crippen molar-refractivity contribution < 1.29 is 31.2 Å². The lowest BCUT2D eigenvalue weighted by Gasteiger charge is -2.44. The molecule has 3 aromatic rings. The van der Waals surface area contributed by atoms with Crippen LogP contribution in [-0.2, 0) is 21.0 Å². The van der Waals surface area contributed by atoms with E-state index in [-0.39, 0.29) is 17.7 Å². The molecule has 1 aliphatic heterocycles. The number of nitrogens with two attached hydrogens (primary N) is 1. The highest BCUT2D eigenvalue weighted by Gasteiger charge is 2.37. The first kappa shape index (κ1) is 30.6. The molecule has 0 spiro atoms. The van der Waals surface area contributed by atoms with Crippen molar-refractivity contribution in [1.82, 2.24) is 10.2 Å². The number of primary amides is 1. The van der Waals surface area contributed by atoms with Gasteiger partial charge < -0.3 is 11.1 Å². The molecular weight excluding hydrogens is 604 g/mol. The van der Waals surface area contributed by atoms with Crippen molar-refractivity contribution in [2.24, 2.45) is 11.7 Å². The molecule has 0 bridgehead atoms. The van der Waals surface area contributed by atoms with Gasteiger partial charge in [-0.15, -0.1) is 0 Å². The van der Waals surface area contributed by atoms with Crippen LogP contribution in [0.2, 0.25) is 10.0 Å². The van der Waals surface area contributed by atoms with Crippen LogP contribution in [0.3, 0.4) is 0 Å². The number of carbonyl (C=O) groups excluding carboxylic acids is 2. The summed E-state index contributed by atoms with van der Waals surface area (Å²) in [6.45, 7) is 0.210. The van der Waals surface area contributed by atoms with Crippen molar-refractivity contribution >= 4 is 50.7 Å². The van der Waals surface area contributed by atoms with Gasteiger partial charge in [0.15, 0.2) is 0 Å². The Hall–Kier alpha value is -3.32. The molecule has 0 aromatic heterocycles. The van der Waals surface area contributed by atoms with Gasteiger partial charge in [-0.05, 0) is 53.6 Å². The Morgan fingerprint density at radius 2 is 1.49 bits per heavy atom. The van der Waals surface area contributed by atoms with Crippen LogP contribution in [0, 0.1) is 5.92 Å². The fourth-order valence-electron chi connectivity index (χ4n) is 4.61. The Kier molecular flexibility index (Phi) is 9.17. The van der Waals surface area contributed by atoms with Gasteiger partial charge in [0.05, 0.1) is 23.9 Å². The molecular formula is C27H25Cl2F3N4O4S. The van der Waals surface area contributed by atoms with Gasteiger partial charge in [0.1, 0.15) is 0 Å². The summed E-state index contributed by atoms with van der Waals surface area (Å²) in [7, 11) is -4.10. The number of likely N-dealkylation sites (tertiary alicyclic amines) is 1. The topological polar surface area (TPSA) is 122 Å². The molecule has 0 saturated carbocycles. The number of nitrogens with zero attached hydrogens (tertiary/aromatic N) is 1. The third kappa shape index (κ3) is 8.13. The van der Waals surface area contributed by atoms with Gasteiger partial charge in [0.2, 0.25) is 15.9 Å². The lowest BCUT2D eigenvalue weighted by Crippen LogP contribution is -2.51. The third-order valence-corrected chi connectivity index (χ3v) is 8.36. The minimum atomic E-state index is -4.85.